The van der Waals surface area contributed by atoms with Gasteiger partial charge in [0, 0.05) is 16.3 Å². The predicted molar refractivity (Wildman–Crippen MR) is 72.4 cm³/mol. The van der Waals surface area contributed by atoms with Gasteiger partial charge in [-0.3, -0.25) is 0 Å². The number of nitrogens with two attached hydrogens (primary N) is 1. The first-order chi connectivity index (χ1) is 7.79. The van der Waals surface area contributed by atoms with E-state index in [1.807, 2.05) is 36.4 Å². The third-order valence-corrected chi connectivity index (χ3v) is 3.07. The molecule has 0 aliphatic rings. The zero-order chi connectivity index (χ0) is 11.4. The van der Waals surface area contributed by atoms with Crippen LogP contribution in [0.25, 0.3) is 0 Å². The summed E-state index contributed by atoms with van der Waals surface area (Å²) in [4.78, 5) is 1.23. The molecule has 2 rings (SSSR count). The van der Waals surface area contributed by atoms with E-state index in [0.717, 1.165) is 17.1 Å². The van der Waals surface area contributed by atoms with Crippen LogP contribution in [-0.4, -0.2) is 6.26 Å². The minimum Gasteiger partial charge on any atom is -0.399 e. The summed E-state index contributed by atoms with van der Waals surface area (Å²) in [6.07, 6.45) is 2.07. The van der Waals surface area contributed by atoms with Crippen LogP contribution in [0.2, 0.25) is 0 Å². The Morgan fingerprint density at radius 3 is 2.62 bits per heavy atom. The van der Waals surface area contributed by atoms with Gasteiger partial charge in [-0.2, -0.15) is 0 Å². The summed E-state index contributed by atoms with van der Waals surface area (Å²) < 4.78 is 0. The van der Waals surface area contributed by atoms with Crippen LogP contribution < -0.4 is 11.1 Å². The Hall–Kier alpha value is -1.61. The summed E-state index contributed by atoms with van der Waals surface area (Å²) in [6.45, 7) is 0. The SMILES string of the molecule is CSc1ccccc1Nc1cccc(N)c1. The van der Waals surface area contributed by atoms with Gasteiger partial charge in [0.1, 0.15) is 0 Å². The molecule has 0 aliphatic carbocycles. The number of nitrogen functional groups attached to an aromatic ring is 1. The van der Waals surface area contributed by atoms with E-state index in [0.29, 0.717) is 0 Å². The average Bonchev–Trinajstić information content (AvgIpc) is 2.30. The quantitative estimate of drug-likeness (QED) is 0.623. The van der Waals surface area contributed by atoms with Crippen molar-refractivity contribution >= 4 is 28.8 Å². The van der Waals surface area contributed by atoms with Crippen LogP contribution in [-0.2, 0) is 0 Å². The Kier molecular flexibility index (Phi) is 3.37. The fraction of sp³-hybridized carbons (Fsp3) is 0.0769. The van der Waals surface area contributed by atoms with Crippen molar-refractivity contribution in [2.45, 2.75) is 4.90 Å². The maximum absolute atomic E-state index is 5.74. The van der Waals surface area contributed by atoms with Gasteiger partial charge in [0.05, 0.1) is 5.69 Å². The molecule has 0 atom stereocenters. The van der Waals surface area contributed by atoms with Crippen LogP contribution in [0.15, 0.2) is 53.4 Å². The van der Waals surface area contributed by atoms with Gasteiger partial charge in [-0.15, -0.1) is 11.8 Å². The van der Waals surface area contributed by atoms with E-state index >= 15 is 0 Å². The second-order valence-electron chi connectivity index (χ2n) is 3.45. The van der Waals surface area contributed by atoms with Crippen LogP contribution in [0.3, 0.4) is 0 Å². The molecule has 16 heavy (non-hydrogen) atoms. The molecular formula is C13H14N2S. The zero-order valence-electron chi connectivity index (χ0n) is 9.10. The fourth-order valence-corrected chi connectivity index (χ4v) is 2.07. The molecule has 0 aromatic heterocycles. The van der Waals surface area contributed by atoms with Crippen molar-refractivity contribution in [3.63, 3.8) is 0 Å². The molecule has 0 saturated carbocycles. The maximum Gasteiger partial charge on any atom is 0.0522 e. The fourth-order valence-electron chi connectivity index (χ4n) is 1.52. The molecule has 3 heteroatoms. The topological polar surface area (TPSA) is 38.0 Å². The highest BCUT2D eigenvalue weighted by Crippen LogP contribution is 2.28. The molecule has 0 amide bonds. The molecule has 2 aromatic carbocycles. The first kappa shape index (κ1) is 10.9. The Labute approximate surface area is 99.9 Å². The van der Waals surface area contributed by atoms with Crippen molar-refractivity contribution in [1.29, 1.82) is 0 Å². The van der Waals surface area contributed by atoms with Gasteiger partial charge in [0.15, 0.2) is 0 Å². The maximum atomic E-state index is 5.74. The number of hydrogen-bond acceptors (Lipinski definition) is 3. The lowest BCUT2D eigenvalue weighted by atomic mass is 10.2. The second-order valence-corrected chi connectivity index (χ2v) is 4.30. The van der Waals surface area contributed by atoms with Crippen LogP contribution >= 0.6 is 11.8 Å². The van der Waals surface area contributed by atoms with Gasteiger partial charge in [-0.25, -0.2) is 0 Å². The molecule has 0 saturated heterocycles. The molecule has 3 N–H and O–H groups in total. The molecule has 2 aromatic rings. The summed E-state index contributed by atoms with van der Waals surface area (Å²) >= 11 is 1.73. The van der Waals surface area contributed by atoms with Crippen LogP contribution in [0.1, 0.15) is 0 Å². The lowest BCUT2D eigenvalue weighted by Gasteiger charge is -2.10. The first-order valence-corrected chi connectivity index (χ1v) is 6.27. The number of thioether (sulfide) groups is 1. The molecule has 82 valence electrons. The van der Waals surface area contributed by atoms with Crippen LogP contribution in [0.5, 0.6) is 0 Å². The van der Waals surface area contributed by atoms with Crippen LogP contribution in [0, 0.1) is 0 Å². The summed E-state index contributed by atoms with van der Waals surface area (Å²) in [7, 11) is 0. The summed E-state index contributed by atoms with van der Waals surface area (Å²) in [5, 5.41) is 3.36. The normalized spacial score (nSPS) is 10.1. The van der Waals surface area contributed by atoms with E-state index in [1.54, 1.807) is 11.8 Å². The minimum absolute atomic E-state index is 0.770. The molecule has 0 fully saturated rings. The average molecular weight is 230 g/mol. The first-order valence-electron chi connectivity index (χ1n) is 5.05. The number of para-hydroxylation sites is 1. The number of nitrogens with one attached hydrogen (secondary N) is 1. The molecule has 0 spiro atoms. The number of benzene rings is 2. The van der Waals surface area contributed by atoms with E-state index in [1.165, 1.54) is 4.90 Å². The number of anilines is 3. The Bertz CT molecular complexity index is 483. The highest BCUT2D eigenvalue weighted by Gasteiger charge is 2.00. The van der Waals surface area contributed by atoms with Crippen LogP contribution in [0.4, 0.5) is 17.1 Å². The Balaban J connectivity index is 2.26. The van der Waals surface area contributed by atoms with Crippen molar-refractivity contribution in [1.82, 2.24) is 0 Å². The van der Waals surface area contributed by atoms with E-state index < -0.39 is 0 Å². The lowest BCUT2D eigenvalue weighted by molar-refractivity contribution is 1.42. The Morgan fingerprint density at radius 1 is 1.06 bits per heavy atom. The Morgan fingerprint density at radius 2 is 1.88 bits per heavy atom. The van der Waals surface area contributed by atoms with E-state index in [9.17, 15) is 0 Å². The predicted octanol–water partition coefficient (Wildman–Crippen LogP) is 3.73. The highest BCUT2D eigenvalue weighted by atomic mass is 32.2. The van der Waals surface area contributed by atoms with Crippen molar-refractivity contribution < 1.29 is 0 Å². The second kappa shape index (κ2) is 4.94. The highest BCUT2D eigenvalue weighted by molar-refractivity contribution is 7.98. The molecule has 0 aliphatic heterocycles. The summed E-state index contributed by atoms with van der Waals surface area (Å²) in [5.74, 6) is 0. The molecular weight excluding hydrogens is 216 g/mol. The lowest BCUT2D eigenvalue weighted by Crippen LogP contribution is -1.93. The number of hydrogen-bond donors (Lipinski definition) is 2. The minimum atomic E-state index is 0.770. The van der Waals surface area contributed by atoms with E-state index in [2.05, 4.69) is 23.7 Å². The van der Waals surface area contributed by atoms with Crippen molar-refractivity contribution in [3.8, 4) is 0 Å². The zero-order valence-corrected chi connectivity index (χ0v) is 9.92. The monoisotopic (exact) mass is 230 g/mol. The summed E-state index contributed by atoms with van der Waals surface area (Å²) in [5.41, 5.74) is 8.63. The van der Waals surface area contributed by atoms with E-state index in [4.69, 9.17) is 5.73 Å². The van der Waals surface area contributed by atoms with Gasteiger partial charge in [-0.1, -0.05) is 18.2 Å². The number of rotatable bonds is 3. The molecule has 2 nitrogen and oxygen atoms in total. The van der Waals surface area contributed by atoms with Gasteiger partial charge in [0.25, 0.3) is 0 Å². The van der Waals surface area contributed by atoms with Gasteiger partial charge >= 0.3 is 0 Å². The smallest absolute Gasteiger partial charge is 0.0522 e. The van der Waals surface area contributed by atoms with Gasteiger partial charge in [0.2, 0.25) is 0 Å². The third-order valence-electron chi connectivity index (χ3n) is 2.27. The van der Waals surface area contributed by atoms with Crippen molar-refractivity contribution in [3.05, 3.63) is 48.5 Å². The van der Waals surface area contributed by atoms with Gasteiger partial charge < -0.3 is 11.1 Å². The van der Waals surface area contributed by atoms with Gasteiger partial charge in [-0.05, 0) is 36.6 Å². The standard InChI is InChI=1S/C13H14N2S/c1-16-13-8-3-2-7-12(13)15-11-6-4-5-10(14)9-11/h2-9,15H,14H2,1H3. The third kappa shape index (κ3) is 2.49. The van der Waals surface area contributed by atoms with E-state index in [-0.39, 0.29) is 0 Å². The van der Waals surface area contributed by atoms with Crippen molar-refractivity contribution in [2.75, 3.05) is 17.3 Å². The molecule has 0 heterocycles. The molecule has 0 unspecified atom stereocenters. The summed E-state index contributed by atoms with van der Waals surface area (Å²) in [6, 6.07) is 16.0. The molecule has 0 radical (unpaired) electrons. The molecule has 0 bridgehead atoms. The van der Waals surface area contributed by atoms with Crippen molar-refractivity contribution in [2.24, 2.45) is 0 Å². The largest absolute Gasteiger partial charge is 0.399 e.